The molecule has 1 aliphatic rings. The molecule has 36 heavy (non-hydrogen) atoms. The van der Waals surface area contributed by atoms with E-state index in [2.05, 4.69) is 5.32 Å². The Morgan fingerprint density at radius 1 is 0.917 bits per heavy atom. The van der Waals surface area contributed by atoms with E-state index in [1.807, 2.05) is 37.3 Å². The standard InChI is InChI=1S/C29H23FN2O3S/c1-19(20-9-3-2-4-10-20)31-28(33)21-15-16-27-25(17-21)32(18-22-11-5-7-13-24(22)30)29(34)23-12-6-8-14-26(23)36(27)35/h2-17,19H,18H2,1H3,(H,31,33)/t19-,36+/m1/s1. The van der Waals surface area contributed by atoms with Crippen LogP contribution in [0.25, 0.3) is 0 Å². The molecular weight excluding hydrogens is 475 g/mol. The Morgan fingerprint density at radius 2 is 1.61 bits per heavy atom. The van der Waals surface area contributed by atoms with Crippen molar-refractivity contribution in [1.82, 2.24) is 5.32 Å². The smallest absolute Gasteiger partial charge is 0.259 e. The van der Waals surface area contributed by atoms with Gasteiger partial charge < -0.3 is 10.2 Å². The molecule has 2 atom stereocenters. The summed E-state index contributed by atoms with van der Waals surface area (Å²) in [6.07, 6.45) is 0. The predicted molar refractivity (Wildman–Crippen MR) is 137 cm³/mol. The molecule has 5 nitrogen and oxygen atoms in total. The number of carbonyl (C=O) groups excluding carboxylic acids is 2. The highest BCUT2D eigenvalue weighted by atomic mass is 32.2. The number of hydrogen-bond acceptors (Lipinski definition) is 3. The summed E-state index contributed by atoms with van der Waals surface area (Å²) in [5.41, 5.74) is 2.18. The van der Waals surface area contributed by atoms with Gasteiger partial charge in [0.05, 0.1) is 44.4 Å². The third-order valence-corrected chi connectivity index (χ3v) is 7.71. The summed E-state index contributed by atoms with van der Waals surface area (Å²) in [6, 6.07) is 27.0. The molecule has 0 radical (unpaired) electrons. The summed E-state index contributed by atoms with van der Waals surface area (Å²) < 4.78 is 28.1. The Labute approximate surface area is 211 Å². The van der Waals surface area contributed by atoms with Gasteiger partial charge in [0.25, 0.3) is 11.8 Å². The van der Waals surface area contributed by atoms with Crippen LogP contribution in [0.2, 0.25) is 0 Å². The first kappa shape index (κ1) is 23.6. The van der Waals surface area contributed by atoms with Crippen LogP contribution in [0.1, 0.15) is 44.8 Å². The minimum atomic E-state index is -1.66. The Bertz CT molecular complexity index is 1490. The summed E-state index contributed by atoms with van der Waals surface area (Å²) in [5.74, 6) is -1.19. The number of rotatable bonds is 5. The van der Waals surface area contributed by atoms with E-state index in [0.29, 0.717) is 26.6 Å². The third kappa shape index (κ3) is 4.45. The van der Waals surface area contributed by atoms with Crippen LogP contribution >= 0.6 is 0 Å². The van der Waals surface area contributed by atoms with Crippen LogP contribution in [0.4, 0.5) is 10.1 Å². The van der Waals surface area contributed by atoms with Crippen LogP contribution in [0.3, 0.4) is 0 Å². The number of carbonyl (C=O) groups is 2. The van der Waals surface area contributed by atoms with Gasteiger partial charge in [0.1, 0.15) is 5.82 Å². The van der Waals surface area contributed by atoms with Crippen molar-refractivity contribution in [1.29, 1.82) is 0 Å². The molecular formula is C29H23FN2O3S. The van der Waals surface area contributed by atoms with Crippen LogP contribution < -0.4 is 10.2 Å². The largest absolute Gasteiger partial charge is 0.346 e. The molecule has 4 aromatic rings. The maximum atomic E-state index is 14.6. The van der Waals surface area contributed by atoms with Crippen molar-refractivity contribution >= 4 is 28.3 Å². The van der Waals surface area contributed by atoms with E-state index in [4.69, 9.17) is 0 Å². The van der Waals surface area contributed by atoms with E-state index >= 15 is 0 Å². The van der Waals surface area contributed by atoms with Crippen LogP contribution in [-0.2, 0) is 17.3 Å². The molecule has 180 valence electrons. The molecule has 0 spiro atoms. The zero-order valence-electron chi connectivity index (χ0n) is 19.5. The van der Waals surface area contributed by atoms with Crippen molar-refractivity contribution in [2.75, 3.05) is 4.90 Å². The van der Waals surface area contributed by atoms with Crippen molar-refractivity contribution in [2.24, 2.45) is 0 Å². The van der Waals surface area contributed by atoms with Gasteiger partial charge in [-0.25, -0.2) is 8.60 Å². The molecule has 2 amide bonds. The zero-order chi connectivity index (χ0) is 25.2. The van der Waals surface area contributed by atoms with Gasteiger partial charge in [-0.15, -0.1) is 0 Å². The minimum Gasteiger partial charge on any atom is -0.346 e. The average Bonchev–Trinajstić information content (AvgIpc) is 2.99. The number of nitrogens with one attached hydrogen (secondary N) is 1. The first-order chi connectivity index (χ1) is 17.4. The second-order valence-electron chi connectivity index (χ2n) is 8.54. The predicted octanol–water partition coefficient (Wildman–Crippen LogP) is 5.64. The molecule has 1 aliphatic heterocycles. The van der Waals surface area contributed by atoms with E-state index in [-0.39, 0.29) is 24.1 Å². The molecule has 1 heterocycles. The topological polar surface area (TPSA) is 66.5 Å². The maximum Gasteiger partial charge on any atom is 0.259 e. The molecule has 0 fully saturated rings. The first-order valence-electron chi connectivity index (χ1n) is 11.5. The number of benzene rings is 4. The fourth-order valence-electron chi connectivity index (χ4n) is 4.26. The SMILES string of the molecule is C[C@@H](NC(=O)c1ccc2c(c1)N(Cc1ccccc1F)C(=O)c1ccccc1[S@@]2=O)c1ccccc1. The van der Waals surface area contributed by atoms with E-state index < -0.39 is 22.5 Å². The third-order valence-electron chi connectivity index (χ3n) is 6.21. The molecule has 0 bridgehead atoms. The van der Waals surface area contributed by atoms with Gasteiger partial charge in [0.15, 0.2) is 0 Å². The summed E-state index contributed by atoms with van der Waals surface area (Å²) in [7, 11) is -1.66. The maximum absolute atomic E-state index is 14.6. The highest BCUT2D eigenvalue weighted by Crippen LogP contribution is 2.36. The minimum absolute atomic E-state index is 0.0739. The van der Waals surface area contributed by atoms with Crippen molar-refractivity contribution in [3.63, 3.8) is 0 Å². The second-order valence-corrected chi connectivity index (χ2v) is 9.95. The summed E-state index contributed by atoms with van der Waals surface area (Å²) >= 11 is 0. The fourth-order valence-corrected chi connectivity index (χ4v) is 5.61. The van der Waals surface area contributed by atoms with Crippen LogP contribution in [0, 0.1) is 5.82 Å². The van der Waals surface area contributed by atoms with Crippen LogP contribution in [-0.4, -0.2) is 16.0 Å². The monoisotopic (exact) mass is 498 g/mol. The quantitative estimate of drug-likeness (QED) is 0.387. The van der Waals surface area contributed by atoms with Crippen molar-refractivity contribution < 1.29 is 18.2 Å². The van der Waals surface area contributed by atoms with Gasteiger partial charge in [-0.3, -0.25) is 9.59 Å². The molecule has 0 saturated heterocycles. The van der Waals surface area contributed by atoms with Gasteiger partial charge in [-0.2, -0.15) is 0 Å². The lowest BCUT2D eigenvalue weighted by molar-refractivity contribution is 0.0937. The van der Waals surface area contributed by atoms with E-state index in [1.165, 1.54) is 11.0 Å². The lowest BCUT2D eigenvalue weighted by atomic mass is 10.1. The Morgan fingerprint density at radius 3 is 2.39 bits per heavy atom. The molecule has 4 aromatic carbocycles. The molecule has 7 heteroatoms. The van der Waals surface area contributed by atoms with E-state index in [0.717, 1.165) is 5.56 Å². The lowest BCUT2D eigenvalue weighted by Crippen LogP contribution is -2.31. The summed E-state index contributed by atoms with van der Waals surface area (Å²) in [6.45, 7) is 1.81. The molecule has 1 N–H and O–H groups in total. The van der Waals surface area contributed by atoms with Crippen LogP contribution in [0.5, 0.6) is 0 Å². The van der Waals surface area contributed by atoms with Crippen LogP contribution in [0.15, 0.2) is 107 Å². The number of halogens is 1. The van der Waals surface area contributed by atoms with E-state index in [9.17, 15) is 18.2 Å². The summed E-state index contributed by atoms with van der Waals surface area (Å²) in [4.78, 5) is 29.0. The highest BCUT2D eigenvalue weighted by molar-refractivity contribution is 7.85. The summed E-state index contributed by atoms with van der Waals surface area (Å²) in [5, 5.41) is 2.97. The molecule has 0 aromatic heterocycles. The van der Waals surface area contributed by atoms with Gasteiger partial charge in [0, 0.05) is 11.1 Å². The Balaban J connectivity index is 1.57. The zero-order valence-corrected chi connectivity index (χ0v) is 20.3. The Hall–Kier alpha value is -4.10. The van der Waals surface area contributed by atoms with E-state index in [1.54, 1.807) is 60.7 Å². The molecule has 0 aliphatic carbocycles. The molecule has 5 rings (SSSR count). The van der Waals surface area contributed by atoms with Gasteiger partial charge in [-0.1, -0.05) is 60.7 Å². The van der Waals surface area contributed by atoms with Crippen molar-refractivity contribution in [3.05, 3.63) is 125 Å². The second kappa shape index (κ2) is 9.87. The van der Waals surface area contributed by atoms with Gasteiger partial charge in [-0.05, 0) is 48.9 Å². The van der Waals surface area contributed by atoms with Crippen molar-refractivity contribution in [3.8, 4) is 0 Å². The van der Waals surface area contributed by atoms with Gasteiger partial charge >= 0.3 is 0 Å². The normalized spacial score (nSPS) is 15.4. The Kier molecular flexibility index (Phi) is 6.48. The molecule has 0 unspecified atom stereocenters. The first-order valence-corrected chi connectivity index (χ1v) is 12.6. The average molecular weight is 499 g/mol. The fraction of sp³-hybridized carbons (Fsp3) is 0.103. The number of amides is 2. The number of hydrogen-bond donors (Lipinski definition) is 1. The highest BCUT2D eigenvalue weighted by Gasteiger charge is 2.32. The number of nitrogens with zero attached hydrogens (tertiary/aromatic N) is 1. The van der Waals surface area contributed by atoms with Crippen molar-refractivity contribution in [2.45, 2.75) is 29.3 Å². The number of anilines is 1. The lowest BCUT2D eigenvalue weighted by Gasteiger charge is -2.24. The molecule has 0 saturated carbocycles. The number of fused-ring (bicyclic) bond motifs is 2. The van der Waals surface area contributed by atoms with Gasteiger partial charge in [0.2, 0.25) is 0 Å².